The number of oxazole rings is 1. The van der Waals surface area contributed by atoms with Crippen molar-refractivity contribution in [2.75, 3.05) is 6.54 Å². The number of aromatic nitrogens is 5. The highest BCUT2D eigenvalue weighted by atomic mass is 16.4. The predicted molar refractivity (Wildman–Crippen MR) is 112 cm³/mol. The van der Waals surface area contributed by atoms with E-state index in [1.807, 2.05) is 48.3 Å². The molecule has 8 nitrogen and oxygen atoms in total. The number of nitrogens with zero attached hydrogens (tertiary/aromatic N) is 5. The largest absolute Gasteiger partial charge is 0.436 e. The molecule has 0 saturated heterocycles. The molecule has 30 heavy (non-hydrogen) atoms. The molecule has 0 unspecified atom stereocenters. The molecule has 0 bridgehead atoms. The third kappa shape index (κ3) is 3.98. The molecule has 0 aliphatic carbocycles. The Morgan fingerprint density at radius 2 is 1.87 bits per heavy atom. The van der Waals surface area contributed by atoms with E-state index in [4.69, 9.17) is 4.42 Å². The summed E-state index contributed by atoms with van der Waals surface area (Å²) in [7, 11) is 0. The molecule has 0 radical (unpaired) electrons. The molecule has 0 aliphatic rings. The van der Waals surface area contributed by atoms with Crippen LogP contribution in [0.25, 0.3) is 22.4 Å². The molecular weight excluding hydrogens is 380 g/mol. The van der Waals surface area contributed by atoms with Gasteiger partial charge in [-0.2, -0.15) is 5.10 Å². The van der Waals surface area contributed by atoms with Crippen molar-refractivity contribution in [1.29, 1.82) is 0 Å². The topological polar surface area (TPSA) is 98.7 Å². The monoisotopic (exact) mass is 402 g/mol. The van der Waals surface area contributed by atoms with Crippen LogP contribution in [0.5, 0.6) is 0 Å². The zero-order chi connectivity index (χ0) is 21.1. The minimum atomic E-state index is -0.284. The Balaban J connectivity index is 1.58. The van der Waals surface area contributed by atoms with Crippen LogP contribution in [0.15, 0.2) is 53.5 Å². The van der Waals surface area contributed by atoms with Crippen LogP contribution in [0.2, 0.25) is 0 Å². The van der Waals surface area contributed by atoms with Crippen molar-refractivity contribution in [3.05, 3.63) is 72.1 Å². The van der Waals surface area contributed by atoms with Crippen LogP contribution < -0.4 is 5.32 Å². The van der Waals surface area contributed by atoms with Gasteiger partial charge in [0.15, 0.2) is 5.89 Å². The fraction of sp³-hybridized carbons (Fsp3) is 0.227. The number of pyridine rings is 2. The van der Waals surface area contributed by atoms with E-state index in [0.29, 0.717) is 24.7 Å². The minimum absolute atomic E-state index is 0.244. The van der Waals surface area contributed by atoms with Gasteiger partial charge in [-0.1, -0.05) is 0 Å². The van der Waals surface area contributed by atoms with E-state index < -0.39 is 0 Å². The van der Waals surface area contributed by atoms with E-state index in [1.165, 1.54) is 0 Å². The summed E-state index contributed by atoms with van der Waals surface area (Å²) in [6.07, 6.45) is 7.18. The highest BCUT2D eigenvalue weighted by Crippen LogP contribution is 2.31. The van der Waals surface area contributed by atoms with Crippen LogP contribution in [-0.4, -0.2) is 37.2 Å². The van der Waals surface area contributed by atoms with Crippen molar-refractivity contribution in [1.82, 2.24) is 30.0 Å². The maximum Gasteiger partial charge on any atom is 0.289 e. The van der Waals surface area contributed by atoms with Gasteiger partial charge in [0.05, 0.1) is 24.1 Å². The molecule has 8 heteroatoms. The van der Waals surface area contributed by atoms with Gasteiger partial charge in [0.2, 0.25) is 5.76 Å². The average Bonchev–Trinajstić information content (AvgIpc) is 3.32. The van der Waals surface area contributed by atoms with Crippen molar-refractivity contribution in [2.24, 2.45) is 0 Å². The fourth-order valence-corrected chi connectivity index (χ4v) is 3.31. The second-order valence-electron chi connectivity index (χ2n) is 6.96. The highest BCUT2D eigenvalue weighted by molar-refractivity contribution is 5.92. The van der Waals surface area contributed by atoms with Crippen LogP contribution in [-0.2, 0) is 6.54 Å². The number of carbonyl (C=O) groups is 1. The Morgan fingerprint density at radius 1 is 1.07 bits per heavy atom. The van der Waals surface area contributed by atoms with Gasteiger partial charge in [-0.05, 0) is 43.7 Å². The summed E-state index contributed by atoms with van der Waals surface area (Å²) in [4.78, 5) is 25.1. The van der Waals surface area contributed by atoms with Crippen LogP contribution in [0, 0.1) is 20.8 Å². The van der Waals surface area contributed by atoms with Crippen LogP contribution in [0.3, 0.4) is 0 Å². The van der Waals surface area contributed by atoms with E-state index >= 15 is 0 Å². The summed E-state index contributed by atoms with van der Waals surface area (Å²) in [5.41, 5.74) is 5.42. The van der Waals surface area contributed by atoms with Gasteiger partial charge in [0.1, 0.15) is 0 Å². The minimum Gasteiger partial charge on any atom is -0.436 e. The number of carbonyl (C=O) groups excluding carboxylic acids is 1. The summed E-state index contributed by atoms with van der Waals surface area (Å²) >= 11 is 0. The number of nitrogens with one attached hydrogen (secondary N) is 1. The summed E-state index contributed by atoms with van der Waals surface area (Å²) in [6, 6.07) is 7.89. The first-order valence-electron chi connectivity index (χ1n) is 9.64. The van der Waals surface area contributed by atoms with Gasteiger partial charge in [-0.3, -0.25) is 19.4 Å². The Hall–Kier alpha value is -3.81. The Labute approximate surface area is 174 Å². The number of hydrogen-bond donors (Lipinski definition) is 1. The molecular formula is C22H22N6O2. The molecule has 0 saturated carbocycles. The normalized spacial score (nSPS) is 10.9. The molecule has 4 aromatic rings. The van der Waals surface area contributed by atoms with Crippen molar-refractivity contribution in [2.45, 2.75) is 27.3 Å². The van der Waals surface area contributed by atoms with Crippen LogP contribution in [0.1, 0.15) is 27.8 Å². The quantitative estimate of drug-likeness (QED) is 0.531. The predicted octanol–water partition coefficient (Wildman–Crippen LogP) is 3.35. The number of rotatable bonds is 6. The molecule has 4 heterocycles. The van der Waals surface area contributed by atoms with E-state index in [-0.39, 0.29) is 11.7 Å². The third-order valence-electron chi connectivity index (χ3n) is 4.73. The molecule has 1 N–H and O–H groups in total. The molecule has 0 atom stereocenters. The standard InChI is InChI=1S/C22H22N6O2/c1-14-4-5-18(12-25-14)20-19(17-6-8-23-9-7-17)13-26-28(20)11-10-24-22(29)21-15(2)27-16(3)30-21/h4-9,12-13H,10-11H2,1-3H3,(H,24,29). The average molecular weight is 402 g/mol. The summed E-state index contributed by atoms with van der Waals surface area (Å²) in [6.45, 7) is 6.31. The first-order valence-corrected chi connectivity index (χ1v) is 9.64. The Bertz CT molecular complexity index is 1160. The fourth-order valence-electron chi connectivity index (χ4n) is 3.31. The summed E-state index contributed by atoms with van der Waals surface area (Å²) < 4.78 is 7.26. The summed E-state index contributed by atoms with van der Waals surface area (Å²) in [5, 5.41) is 7.44. The first-order chi connectivity index (χ1) is 14.5. The van der Waals surface area contributed by atoms with Gasteiger partial charge in [0, 0.05) is 48.9 Å². The van der Waals surface area contributed by atoms with Gasteiger partial charge < -0.3 is 9.73 Å². The first kappa shape index (κ1) is 19.5. The lowest BCUT2D eigenvalue weighted by molar-refractivity contribution is 0.0922. The van der Waals surface area contributed by atoms with Gasteiger partial charge >= 0.3 is 0 Å². The van der Waals surface area contributed by atoms with Crippen molar-refractivity contribution in [3.8, 4) is 22.4 Å². The number of aryl methyl sites for hydroxylation is 3. The zero-order valence-electron chi connectivity index (χ0n) is 17.1. The molecule has 0 aliphatic heterocycles. The van der Waals surface area contributed by atoms with Crippen molar-refractivity contribution in [3.63, 3.8) is 0 Å². The van der Waals surface area contributed by atoms with Gasteiger partial charge in [-0.25, -0.2) is 4.98 Å². The Kier molecular flexibility index (Phi) is 5.38. The molecule has 0 spiro atoms. The van der Waals surface area contributed by atoms with E-state index in [0.717, 1.165) is 28.1 Å². The maximum atomic E-state index is 12.4. The number of amides is 1. The molecule has 1 amide bonds. The lowest BCUT2D eigenvalue weighted by Crippen LogP contribution is -2.28. The lowest BCUT2D eigenvalue weighted by atomic mass is 10.0. The van der Waals surface area contributed by atoms with Crippen LogP contribution in [0.4, 0.5) is 0 Å². The SMILES string of the molecule is Cc1ccc(-c2c(-c3ccncc3)cnn2CCNC(=O)c2oc(C)nc2C)cn1. The molecule has 152 valence electrons. The number of hydrogen-bond acceptors (Lipinski definition) is 6. The molecule has 4 rings (SSSR count). The second kappa shape index (κ2) is 8.28. The van der Waals surface area contributed by atoms with Crippen molar-refractivity contribution < 1.29 is 9.21 Å². The van der Waals surface area contributed by atoms with Gasteiger partial charge in [-0.15, -0.1) is 0 Å². The van der Waals surface area contributed by atoms with Crippen molar-refractivity contribution >= 4 is 5.91 Å². The van der Waals surface area contributed by atoms with E-state index in [2.05, 4.69) is 25.4 Å². The molecule has 4 aromatic heterocycles. The summed E-state index contributed by atoms with van der Waals surface area (Å²) in [5.74, 6) is 0.433. The zero-order valence-corrected chi connectivity index (χ0v) is 17.1. The highest BCUT2D eigenvalue weighted by Gasteiger charge is 2.17. The van der Waals surface area contributed by atoms with E-state index in [9.17, 15) is 4.79 Å². The maximum absolute atomic E-state index is 12.4. The van der Waals surface area contributed by atoms with E-state index in [1.54, 1.807) is 26.2 Å². The molecule has 0 fully saturated rings. The lowest BCUT2D eigenvalue weighted by Gasteiger charge is -2.11. The van der Waals surface area contributed by atoms with Gasteiger partial charge in [0.25, 0.3) is 5.91 Å². The second-order valence-corrected chi connectivity index (χ2v) is 6.96. The Morgan fingerprint density at radius 3 is 2.53 bits per heavy atom. The van der Waals surface area contributed by atoms with Crippen LogP contribution >= 0.6 is 0 Å². The third-order valence-corrected chi connectivity index (χ3v) is 4.73. The smallest absolute Gasteiger partial charge is 0.289 e. The molecule has 0 aromatic carbocycles.